The number of ether oxygens (including phenoxy) is 1. The number of rotatable bonds is 5. The molecule has 3 heterocycles. The van der Waals surface area contributed by atoms with Crippen LogP contribution in [0, 0.1) is 0 Å². The van der Waals surface area contributed by atoms with Crippen LogP contribution in [0.2, 0.25) is 15.1 Å². The third-order valence-electron chi connectivity index (χ3n) is 4.63. The molecule has 0 radical (unpaired) electrons. The molecule has 3 aromatic rings. The molecule has 5 atom stereocenters. The molecule has 0 amide bonds. The number of benzene rings is 1. The van der Waals surface area contributed by atoms with Crippen molar-refractivity contribution in [3.05, 3.63) is 38.8 Å². The first-order valence-electron chi connectivity index (χ1n) is 8.79. The first kappa shape index (κ1) is 23.0. The van der Waals surface area contributed by atoms with Gasteiger partial charge in [0.1, 0.15) is 41.2 Å². The topological polar surface area (TPSA) is 134 Å². The van der Waals surface area contributed by atoms with Gasteiger partial charge in [-0.05, 0) is 12.1 Å². The van der Waals surface area contributed by atoms with Gasteiger partial charge in [0.2, 0.25) is 0 Å². The minimum atomic E-state index is -1.27. The van der Waals surface area contributed by atoms with E-state index < -0.39 is 36.4 Å². The molecule has 1 aromatic carbocycles. The fourth-order valence-corrected chi connectivity index (χ4v) is 5.54. The van der Waals surface area contributed by atoms with Gasteiger partial charge in [0.25, 0.3) is 5.19 Å². The summed E-state index contributed by atoms with van der Waals surface area (Å²) in [6.07, 6.45) is -2.01. The van der Waals surface area contributed by atoms with Crippen molar-refractivity contribution in [2.24, 2.45) is 0 Å². The highest BCUT2D eigenvalue weighted by molar-refractivity contribution is 7.99. The first-order valence-corrected chi connectivity index (χ1v) is 11.7. The van der Waals surface area contributed by atoms with Crippen molar-refractivity contribution in [3.8, 4) is 16.6 Å². The summed E-state index contributed by atoms with van der Waals surface area (Å²) in [5, 5.41) is 51.0. The normalized spacial score (nSPS) is 26.3. The molecule has 3 unspecified atom stereocenters. The SMILES string of the molecule is OCC1O[C@H](Sc2cc(Cl)c(Cl)c(Cl)c2)C(O)C(n2cc(-c3csc(O)n3)nn2)[C@H]1O. The zero-order valence-electron chi connectivity index (χ0n) is 15.3. The molecular formula is C17H15Cl3N4O5S2. The van der Waals surface area contributed by atoms with E-state index >= 15 is 0 Å². The van der Waals surface area contributed by atoms with E-state index in [-0.39, 0.29) is 20.3 Å². The lowest BCUT2D eigenvalue weighted by Crippen LogP contribution is -2.55. The summed E-state index contributed by atoms with van der Waals surface area (Å²) >= 11 is 20.3. The van der Waals surface area contributed by atoms with Crippen molar-refractivity contribution in [1.82, 2.24) is 20.0 Å². The van der Waals surface area contributed by atoms with Crippen LogP contribution in [0.5, 0.6) is 5.19 Å². The number of thioether (sulfide) groups is 1. The third kappa shape index (κ3) is 4.65. The summed E-state index contributed by atoms with van der Waals surface area (Å²) in [5.41, 5.74) is -0.141. The highest BCUT2D eigenvalue weighted by atomic mass is 35.5. The van der Waals surface area contributed by atoms with Crippen LogP contribution in [0.4, 0.5) is 0 Å². The number of aliphatic hydroxyl groups is 3. The van der Waals surface area contributed by atoms with Gasteiger partial charge in [0, 0.05) is 10.3 Å². The van der Waals surface area contributed by atoms with Crippen LogP contribution in [0.15, 0.2) is 28.6 Å². The van der Waals surface area contributed by atoms with Gasteiger partial charge in [-0.1, -0.05) is 63.1 Å². The summed E-state index contributed by atoms with van der Waals surface area (Å²) in [4.78, 5) is 4.51. The predicted octanol–water partition coefficient (Wildman–Crippen LogP) is 2.84. The Morgan fingerprint density at radius 3 is 2.45 bits per heavy atom. The summed E-state index contributed by atoms with van der Waals surface area (Å²) in [5.74, 6) is 0. The Labute approximate surface area is 199 Å². The number of nitrogens with zero attached hydrogens (tertiary/aromatic N) is 4. The van der Waals surface area contributed by atoms with Crippen LogP contribution in [-0.4, -0.2) is 70.8 Å². The Hall–Kier alpha value is -1.15. The number of thiazole rings is 1. The Bertz CT molecular complexity index is 1060. The lowest BCUT2D eigenvalue weighted by Gasteiger charge is -2.41. The molecule has 0 aliphatic carbocycles. The number of aromatic hydroxyl groups is 1. The fourth-order valence-electron chi connectivity index (χ4n) is 3.13. The molecule has 1 aliphatic heterocycles. The van der Waals surface area contributed by atoms with E-state index in [9.17, 15) is 20.4 Å². The smallest absolute Gasteiger partial charge is 0.271 e. The molecule has 31 heavy (non-hydrogen) atoms. The van der Waals surface area contributed by atoms with Gasteiger partial charge in [0.05, 0.1) is 27.9 Å². The molecule has 1 saturated heterocycles. The maximum absolute atomic E-state index is 11.0. The average molecular weight is 526 g/mol. The molecule has 0 saturated carbocycles. The molecule has 166 valence electrons. The fraction of sp³-hybridized carbons (Fsp3) is 0.353. The number of aliphatic hydroxyl groups excluding tert-OH is 3. The van der Waals surface area contributed by atoms with Crippen LogP contribution < -0.4 is 0 Å². The van der Waals surface area contributed by atoms with Crippen molar-refractivity contribution in [2.75, 3.05) is 6.61 Å². The van der Waals surface area contributed by atoms with E-state index in [1.807, 2.05) is 0 Å². The van der Waals surface area contributed by atoms with Crippen LogP contribution in [0.3, 0.4) is 0 Å². The molecule has 4 rings (SSSR count). The minimum Gasteiger partial charge on any atom is -0.486 e. The van der Waals surface area contributed by atoms with Gasteiger partial charge >= 0.3 is 0 Å². The Kier molecular flexibility index (Phi) is 6.96. The van der Waals surface area contributed by atoms with E-state index in [0.29, 0.717) is 16.3 Å². The zero-order chi connectivity index (χ0) is 22.3. The molecule has 9 nitrogen and oxygen atoms in total. The van der Waals surface area contributed by atoms with Crippen molar-refractivity contribution in [3.63, 3.8) is 0 Å². The number of aromatic nitrogens is 4. The molecule has 4 N–H and O–H groups in total. The lowest BCUT2D eigenvalue weighted by atomic mass is 9.97. The second-order valence-electron chi connectivity index (χ2n) is 6.62. The summed E-state index contributed by atoms with van der Waals surface area (Å²) in [7, 11) is 0. The summed E-state index contributed by atoms with van der Waals surface area (Å²) in [6.45, 7) is -0.481. The maximum Gasteiger partial charge on any atom is 0.271 e. The molecule has 0 bridgehead atoms. The van der Waals surface area contributed by atoms with Gasteiger partial charge < -0.3 is 25.2 Å². The Morgan fingerprint density at radius 1 is 1.13 bits per heavy atom. The first-order chi connectivity index (χ1) is 14.8. The average Bonchev–Trinajstić information content (AvgIpc) is 3.37. The monoisotopic (exact) mass is 524 g/mol. The Morgan fingerprint density at radius 2 is 1.84 bits per heavy atom. The predicted molar refractivity (Wildman–Crippen MR) is 117 cm³/mol. The molecule has 2 aromatic heterocycles. The van der Waals surface area contributed by atoms with E-state index in [0.717, 1.165) is 23.1 Å². The highest BCUT2D eigenvalue weighted by Gasteiger charge is 2.46. The highest BCUT2D eigenvalue weighted by Crippen LogP contribution is 2.41. The number of halogens is 3. The minimum absolute atomic E-state index is 0.118. The van der Waals surface area contributed by atoms with Gasteiger partial charge in [-0.25, -0.2) is 9.67 Å². The van der Waals surface area contributed by atoms with Crippen molar-refractivity contribution in [1.29, 1.82) is 0 Å². The second kappa shape index (κ2) is 9.38. The van der Waals surface area contributed by atoms with Crippen molar-refractivity contribution >= 4 is 57.9 Å². The van der Waals surface area contributed by atoms with Gasteiger partial charge in [-0.15, -0.1) is 5.10 Å². The number of hydrogen-bond donors (Lipinski definition) is 4. The molecule has 1 fully saturated rings. The van der Waals surface area contributed by atoms with E-state index in [1.165, 1.54) is 10.9 Å². The van der Waals surface area contributed by atoms with Crippen LogP contribution in [-0.2, 0) is 4.74 Å². The zero-order valence-corrected chi connectivity index (χ0v) is 19.2. The summed E-state index contributed by atoms with van der Waals surface area (Å²) < 4.78 is 7.00. The molecular weight excluding hydrogens is 511 g/mol. The third-order valence-corrected chi connectivity index (χ3v) is 7.60. The summed E-state index contributed by atoms with van der Waals surface area (Å²) in [6, 6.07) is 2.18. The molecule has 1 aliphatic rings. The Balaban J connectivity index is 1.62. The van der Waals surface area contributed by atoms with Crippen molar-refractivity contribution < 1.29 is 25.2 Å². The standard InChI is InChI=1S/C17H15Cl3N4O5S2/c18-7-1-6(2-8(19)12(7)20)31-16-15(27)13(14(26)11(4-25)29-16)24-3-9(22-23-24)10-5-30-17(28)21-10/h1-3,5,11,13-16,25-27H,4H2,(H,21,28)/t11?,13?,14-,15?,16+/m0/s1. The van der Waals surface area contributed by atoms with Crippen LogP contribution in [0.1, 0.15) is 6.04 Å². The van der Waals surface area contributed by atoms with Gasteiger partial charge in [-0.2, -0.15) is 0 Å². The molecule has 0 spiro atoms. The van der Waals surface area contributed by atoms with Gasteiger partial charge in [-0.3, -0.25) is 0 Å². The lowest BCUT2D eigenvalue weighted by molar-refractivity contribution is -0.178. The van der Waals surface area contributed by atoms with Gasteiger partial charge in [0.15, 0.2) is 0 Å². The van der Waals surface area contributed by atoms with Crippen LogP contribution in [0.25, 0.3) is 11.4 Å². The van der Waals surface area contributed by atoms with E-state index in [2.05, 4.69) is 15.3 Å². The van der Waals surface area contributed by atoms with E-state index in [4.69, 9.17) is 39.5 Å². The molecule has 14 heteroatoms. The van der Waals surface area contributed by atoms with Crippen molar-refractivity contribution in [2.45, 2.75) is 34.7 Å². The largest absolute Gasteiger partial charge is 0.486 e. The van der Waals surface area contributed by atoms with E-state index in [1.54, 1.807) is 17.5 Å². The maximum atomic E-state index is 11.0. The number of hydrogen-bond acceptors (Lipinski definition) is 10. The van der Waals surface area contributed by atoms with Crippen LogP contribution >= 0.6 is 57.9 Å². The second-order valence-corrected chi connectivity index (χ2v) is 9.82. The quantitative estimate of drug-likeness (QED) is 0.371.